The molecule has 0 amide bonds. The molecule has 5 heteroatoms. The molecular weight excluding hydrogens is 234 g/mol. The van der Waals surface area contributed by atoms with Crippen molar-refractivity contribution in [1.82, 2.24) is 4.98 Å². The molecule has 1 aromatic heterocycles. The molecule has 4 N–H and O–H groups in total. The number of benzene rings is 1. The van der Waals surface area contributed by atoms with Crippen molar-refractivity contribution >= 4 is 21.5 Å². The Kier molecular flexibility index (Phi) is 3.31. The van der Waals surface area contributed by atoms with E-state index in [9.17, 15) is 5.11 Å². The third kappa shape index (κ3) is 2.57. The molecule has 17 heavy (non-hydrogen) atoms. The minimum atomic E-state index is -0.550. The second kappa shape index (κ2) is 4.73. The lowest BCUT2D eigenvalue weighted by atomic mass is 9.93. The lowest BCUT2D eigenvalue weighted by Gasteiger charge is -2.29. The van der Waals surface area contributed by atoms with Gasteiger partial charge in [-0.1, -0.05) is 41.7 Å². The molecule has 0 aliphatic rings. The number of aliphatic hydroxyl groups is 1. The first-order valence-electron chi connectivity index (χ1n) is 5.30. The van der Waals surface area contributed by atoms with E-state index >= 15 is 0 Å². The molecule has 2 aromatic rings. The van der Waals surface area contributed by atoms with Crippen molar-refractivity contribution in [3.05, 3.63) is 42.1 Å². The fourth-order valence-electron chi connectivity index (χ4n) is 1.59. The SMILES string of the molecule is CC(CO)(Nc1ncc(N)s1)c1ccccc1. The van der Waals surface area contributed by atoms with E-state index in [1.807, 2.05) is 37.3 Å². The van der Waals surface area contributed by atoms with Crippen LogP contribution in [0.1, 0.15) is 12.5 Å². The first kappa shape index (κ1) is 11.9. The summed E-state index contributed by atoms with van der Waals surface area (Å²) in [7, 11) is 0. The Labute approximate surface area is 104 Å². The van der Waals surface area contributed by atoms with Crippen molar-refractivity contribution in [3.8, 4) is 0 Å². The van der Waals surface area contributed by atoms with Gasteiger partial charge in [0.2, 0.25) is 0 Å². The van der Waals surface area contributed by atoms with Crippen LogP contribution in [0, 0.1) is 0 Å². The maximum Gasteiger partial charge on any atom is 0.185 e. The van der Waals surface area contributed by atoms with Crippen LogP contribution in [-0.4, -0.2) is 16.7 Å². The lowest BCUT2D eigenvalue weighted by molar-refractivity contribution is 0.224. The van der Waals surface area contributed by atoms with Gasteiger partial charge in [-0.25, -0.2) is 4.98 Å². The van der Waals surface area contributed by atoms with Crippen molar-refractivity contribution in [2.75, 3.05) is 17.7 Å². The fourth-order valence-corrected chi connectivity index (χ4v) is 2.30. The van der Waals surface area contributed by atoms with Crippen LogP contribution in [0.4, 0.5) is 10.1 Å². The summed E-state index contributed by atoms with van der Waals surface area (Å²) in [5.74, 6) is 0. The summed E-state index contributed by atoms with van der Waals surface area (Å²) in [6.45, 7) is 1.91. The smallest absolute Gasteiger partial charge is 0.185 e. The Bertz CT molecular complexity index is 486. The van der Waals surface area contributed by atoms with Gasteiger partial charge in [0.25, 0.3) is 0 Å². The van der Waals surface area contributed by atoms with Gasteiger partial charge in [0.1, 0.15) is 5.00 Å². The molecule has 0 saturated heterocycles. The summed E-state index contributed by atoms with van der Waals surface area (Å²) in [6, 6.07) is 9.78. The van der Waals surface area contributed by atoms with Crippen LogP contribution in [0.2, 0.25) is 0 Å². The summed E-state index contributed by atoms with van der Waals surface area (Å²) in [6.07, 6.45) is 1.61. The quantitative estimate of drug-likeness (QED) is 0.775. The molecule has 2 rings (SSSR count). The molecule has 1 aromatic carbocycles. The fraction of sp³-hybridized carbons (Fsp3) is 0.250. The number of aliphatic hydroxyl groups excluding tert-OH is 1. The van der Waals surface area contributed by atoms with Crippen molar-refractivity contribution in [3.63, 3.8) is 0 Å². The second-order valence-electron chi connectivity index (χ2n) is 4.05. The highest BCUT2D eigenvalue weighted by molar-refractivity contribution is 7.19. The Morgan fingerprint density at radius 2 is 2.12 bits per heavy atom. The standard InChI is InChI=1S/C12H15N3OS/c1-12(8-16,9-5-3-2-4-6-9)15-11-14-7-10(13)17-11/h2-7,16H,8,13H2,1H3,(H,14,15). The first-order chi connectivity index (χ1) is 8.14. The van der Waals surface area contributed by atoms with Gasteiger partial charge in [-0.3, -0.25) is 0 Å². The highest BCUT2D eigenvalue weighted by Crippen LogP contribution is 2.28. The Balaban J connectivity index is 2.26. The van der Waals surface area contributed by atoms with E-state index < -0.39 is 5.54 Å². The Morgan fingerprint density at radius 3 is 2.65 bits per heavy atom. The van der Waals surface area contributed by atoms with Crippen molar-refractivity contribution in [2.45, 2.75) is 12.5 Å². The predicted molar refractivity (Wildman–Crippen MR) is 71.0 cm³/mol. The van der Waals surface area contributed by atoms with Crippen molar-refractivity contribution in [2.24, 2.45) is 0 Å². The van der Waals surface area contributed by atoms with E-state index in [2.05, 4.69) is 10.3 Å². The topological polar surface area (TPSA) is 71.2 Å². The summed E-state index contributed by atoms with van der Waals surface area (Å²) >= 11 is 1.37. The Hall–Kier alpha value is -1.59. The molecule has 0 saturated carbocycles. The third-order valence-electron chi connectivity index (χ3n) is 2.63. The molecule has 0 aliphatic heterocycles. The number of aromatic nitrogens is 1. The van der Waals surface area contributed by atoms with Gasteiger partial charge in [-0.15, -0.1) is 0 Å². The molecule has 0 spiro atoms. The number of nitrogen functional groups attached to an aromatic ring is 1. The number of hydrogen-bond acceptors (Lipinski definition) is 5. The van der Waals surface area contributed by atoms with Crippen LogP contribution in [0.15, 0.2) is 36.5 Å². The zero-order chi connectivity index (χ0) is 12.3. The summed E-state index contributed by atoms with van der Waals surface area (Å²) < 4.78 is 0. The van der Waals surface area contributed by atoms with Gasteiger partial charge in [-0.2, -0.15) is 0 Å². The van der Waals surface area contributed by atoms with Crippen LogP contribution in [0.5, 0.6) is 0 Å². The number of nitrogens with two attached hydrogens (primary N) is 1. The van der Waals surface area contributed by atoms with Crippen LogP contribution in [0.25, 0.3) is 0 Å². The minimum Gasteiger partial charge on any atom is -0.394 e. The predicted octanol–water partition coefficient (Wildman–Crippen LogP) is 2.04. The number of nitrogens with zero attached hydrogens (tertiary/aromatic N) is 1. The monoisotopic (exact) mass is 249 g/mol. The molecule has 0 fully saturated rings. The van der Waals surface area contributed by atoms with Crippen LogP contribution in [0.3, 0.4) is 0 Å². The average molecular weight is 249 g/mol. The molecule has 0 aliphatic carbocycles. The van der Waals surface area contributed by atoms with Crippen LogP contribution in [-0.2, 0) is 5.54 Å². The van der Waals surface area contributed by atoms with E-state index in [0.29, 0.717) is 10.1 Å². The number of nitrogens with one attached hydrogen (secondary N) is 1. The highest BCUT2D eigenvalue weighted by Gasteiger charge is 2.26. The maximum absolute atomic E-state index is 9.59. The third-order valence-corrected chi connectivity index (χ3v) is 3.38. The zero-order valence-corrected chi connectivity index (χ0v) is 10.4. The van der Waals surface area contributed by atoms with E-state index in [1.54, 1.807) is 6.20 Å². The van der Waals surface area contributed by atoms with Gasteiger partial charge < -0.3 is 16.2 Å². The minimum absolute atomic E-state index is 0.0174. The first-order valence-corrected chi connectivity index (χ1v) is 6.11. The Morgan fingerprint density at radius 1 is 1.41 bits per heavy atom. The normalized spacial score (nSPS) is 14.2. The molecule has 1 atom stereocenters. The van der Waals surface area contributed by atoms with E-state index in [4.69, 9.17) is 5.73 Å². The lowest BCUT2D eigenvalue weighted by Crippen LogP contribution is -2.35. The number of anilines is 2. The zero-order valence-electron chi connectivity index (χ0n) is 9.55. The molecule has 0 bridgehead atoms. The van der Waals surface area contributed by atoms with E-state index in [-0.39, 0.29) is 6.61 Å². The molecule has 1 heterocycles. The van der Waals surface area contributed by atoms with Gasteiger partial charge in [0, 0.05) is 0 Å². The largest absolute Gasteiger partial charge is 0.394 e. The van der Waals surface area contributed by atoms with Gasteiger partial charge in [0.05, 0.1) is 18.3 Å². The number of thiazole rings is 1. The average Bonchev–Trinajstić information content (AvgIpc) is 2.75. The molecule has 4 nitrogen and oxygen atoms in total. The maximum atomic E-state index is 9.59. The van der Waals surface area contributed by atoms with Gasteiger partial charge >= 0.3 is 0 Å². The molecule has 90 valence electrons. The van der Waals surface area contributed by atoms with Gasteiger partial charge in [0.15, 0.2) is 5.13 Å². The summed E-state index contributed by atoms with van der Waals surface area (Å²) in [5, 5.41) is 14.2. The van der Waals surface area contributed by atoms with Crippen molar-refractivity contribution in [1.29, 1.82) is 0 Å². The summed E-state index contributed by atoms with van der Waals surface area (Å²) in [4.78, 5) is 4.15. The van der Waals surface area contributed by atoms with E-state index in [0.717, 1.165) is 5.56 Å². The van der Waals surface area contributed by atoms with Crippen molar-refractivity contribution < 1.29 is 5.11 Å². The van der Waals surface area contributed by atoms with Crippen LogP contribution < -0.4 is 11.1 Å². The van der Waals surface area contributed by atoms with E-state index in [1.165, 1.54) is 11.3 Å². The number of hydrogen-bond donors (Lipinski definition) is 3. The highest BCUT2D eigenvalue weighted by atomic mass is 32.1. The summed E-state index contributed by atoms with van der Waals surface area (Å²) in [5.41, 5.74) is 6.09. The molecule has 0 radical (unpaired) electrons. The van der Waals surface area contributed by atoms with Crippen LogP contribution >= 0.6 is 11.3 Å². The molecular formula is C12H15N3OS. The number of rotatable bonds is 4. The molecule has 1 unspecified atom stereocenters. The second-order valence-corrected chi connectivity index (χ2v) is 5.11. The van der Waals surface area contributed by atoms with Gasteiger partial charge in [-0.05, 0) is 12.5 Å².